The van der Waals surface area contributed by atoms with Gasteiger partial charge in [-0.2, -0.15) is 5.26 Å². The SMILES string of the molecule is COC(=O)c1c(N)c(C#N)cn1-c1ccccc1C(=O)OCC(C)=O. The number of nitrogens with zero attached hydrogens (tertiary/aromatic N) is 2. The molecule has 1 aromatic carbocycles. The molecular weight excluding hydrogens is 326 g/mol. The van der Waals surface area contributed by atoms with Crippen LogP contribution >= 0.6 is 0 Å². The number of ketones is 1. The maximum atomic E-state index is 12.3. The van der Waals surface area contributed by atoms with E-state index in [1.165, 1.54) is 30.9 Å². The predicted octanol–water partition coefficient (Wildman–Crippen LogP) is 1.46. The smallest absolute Gasteiger partial charge is 0.357 e. The Balaban J connectivity index is 2.60. The van der Waals surface area contributed by atoms with Crippen LogP contribution in [0.25, 0.3) is 5.69 Å². The summed E-state index contributed by atoms with van der Waals surface area (Å²) in [5.41, 5.74) is 6.15. The van der Waals surface area contributed by atoms with Crippen LogP contribution in [0.5, 0.6) is 0 Å². The van der Waals surface area contributed by atoms with Crippen LogP contribution in [0.1, 0.15) is 33.3 Å². The Bertz CT molecular complexity index is 892. The molecule has 0 saturated carbocycles. The van der Waals surface area contributed by atoms with Gasteiger partial charge in [-0.1, -0.05) is 12.1 Å². The molecule has 2 aromatic rings. The van der Waals surface area contributed by atoms with Gasteiger partial charge in [0.15, 0.2) is 11.5 Å². The van der Waals surface area contributed by atoms with Crippen molar-refractivity contribution >= 4 is 23.4 Å². The van der Waals surface area contributed by atoms with Crippen molar-refractivity contribution in [2.75, 3.05) is 19.5 Å². The van der Waals surface area contributed by atoms with E-state index in [2.05, 4.69) is 0 Å². The molecular formula is C17H15N3O5. The molecule has 25 heavy (non-hydrogen) atoms. The fourth-order valence-electron chi connectivity index (χ4n) is 2.21. The number of aromatic nitrogens is 1. The van der Waals surface area contributed by atoms with Gasteiger partial charge in [-0.25, -0.2) is 9.59 Å². The first-order valence-electron chi connectivity index (χ1n) is 7.15. The number of benzene rings is 1. The van der Waals surface area contributed by atoms with E-state index in [0.717, 1.165) is 0 Å². The fourth-order valence-corrected chi connectivity index (χ4v) is 2.21. The van der Waals surface area contributed by atoms with Crippen LogP contribution in [0.4, 0.5) is 5.69 Å². The number of carbonyl (C=O) groups is 3. The second kappa shape index (κ2) is 7.31. The van der Waals surface area contributed by atoms with E-state index in [-0.39, 0.29) is 40.6 Å². The maximum absolute atomic E-state index is 12.3. The highest BCUT2D eigenvalue weighted by molar-refractivity contribution is 5.98. The van der Waals surface area contributed by atoms with Gasteiger partial charge in [0.1, 0.15) is 12.7 Å². The lowest BCUT2D eigenvalue weighted by Crippen LogP contribution is -2.16. The molecule has 0 fully saturated rings. The number of methoxy groups -OCH3 is 1. The van der Waals surface area contributed by atoms with Crippen molar-refractivity contribution in [1.82, 2.24) is 4.57 Å². The molecule has 8 heteroatoms. The Labute approximate surface area is 143 Å². The zero-order valence-corrected chi connectivity index (χ0v) is 13.6. The normalized spacial score (nSPS) is 9.96. The summed E-state index contributed by atoms with van der Waals surface area (Å²) >= 11 is 0. The molecule has 1 heterocycles. The number of anilines is 1. The van der Waals surface area contributed by atoms with Gasteiger partial charge in [0.05, 0.1) is 29.6 Å². The number of hydrogen-bond acceptors (Lipinski definition) is 7. The Morgan fingerprint density at radius 3 is 2.52 bits per heavy atom. The van der Waals surface area contributed by atoms with Crippen LogP contribution < -0.4 is 5.73 Å². The number of Topliss-reactive ketones (excluding diaryl/α,β-unsaturated/α-hetero) is 1. The summed E-state index contributed by atoms with van der Waals surface area (Å²) < 4.78 is 10.9. The minimum atomic E-state index is -0.758. The zero-order valence-electron chi connectivity index (χ0n) is 13.6. The monoisotopic (exact) mass is 341 g/mol. The summed E-state index contributed by atoms with van der Waals surface area (Å²) in [5.74, 6) is -1.81. The minimum Gasteiger partial charge on any atom is -0.464 e. The van der Waals surface area contributed by atoms with E-state index in [4.69, 9.17) is 20.5 Å². The first-order valence-corrected chi connectivity index (χ1v) is 7.15. The third-order valence-corrected chi connectivity index (χ3v) is 3.33. The third kappa shape index (κ3) is 3.50. The predicted molar refractivity (Wildman–Crippen MR) is 87.2 cm³/mol. The van der Waals surface area contributed by atoms with Crippen LogP contribution in [0, 0.1) is 11.3 Å². The van der Waals surface area contributed by atoms with Gasteiger partial charge in [0.2, 0.25) is 0 Å². The molecule has 0 amide bonds. The van der Waals surface area contributed by atoms with Gasteiger partial charge in [0, 0.05) is 6.20 Å². The highest BCUT2D eigenvalue weighted by Gasteiger charge is 2.24. The quantitative estimate of drug-likeness (QED) is 0.816. The molecule has 128 valence electrons. The second-order valence-electron chi connectivity index (χ2n) is 5.07. The first kappa shape index (κ1) is 17.7. The van der Waals surface area contributed by atoms with Crippen LogP contribution in [-0.4, -0.2) is 36.0 Å². The van der Waals surface area contributed by atoms with Crippen LogP contribution in [0.15, 0.2) is 30.5 Å². The highest BCUT2D eigenvalue weighted by Crippen LogP contribution is 2.26. The first-order chi connectivity index (χ1) is 11.9. The number of para-hydroxylation sites is 1. The molecule has 0 spiro atoms. The summed E-state index contributed by atoms with van der Waals surface area (Å²) in [6.07, 6.45) is 1.33. The Hall–Kier alpha value is -3.60. The van der Waals surface area contributed by atoms with Crippen LogP contribution in [0.3, 0.4) is 0 Å². The van der Waals surface area contributed by atoms with E-state index < -0.39 is 11.9 Å². The van der Waals surface area contributed by atoms with E-state index in [1.54, 1.807) is 18.2 Å². The molecule has 0 aliphatic heterocycles. The Kier molecular flexibility index (Phi) is 5.19. The zero-order chi connectivity index (χ0) is 18.6. The lowest BCUT2D eigenvalue weighted by Gasteiger charge is -2.12. The molecule has 0 radical (unpaired) electrons. The van der Waals surface area contributed by atoms with Gasteiger partial charge >= 0.3 is 11.9 Å². The van der Waals surface area contributed by atoms with Gasteiger partial charge in [-0.05, 0) is 19.1 Å². The number of esters is 2. The molecule has 1 aromatic heterocycles. The number of nitrogens with two attached hydrogens (primary N) is 1. The lowest BCUT2D eigenvalue weighted by molar-refractivity contribution is -0.120. The number of nitriles is 1. The molecule has 0 saturated heterocycles. The molecule has 0 atom stereocenters. The van der Waals surface area contributed by atoms with Crippen molar-refractivity contribution in [2.45, 2.75) is 6.92 Å². The summed E-state index contributed by atoms with van der Waals surface area (Å²) in [6.45, 7) is 0.925. The van der Waals surface area contributed by atoms with Crippen molar-refractivity contribution in [3.05, 3.63) is 47.3 Å². The van der Waals surface area contributed by atoms with E-state index in [0.29, 0.717) is 0 Å². The maximum Gasteiger partial charge on any atom is 0.357 e. The molecule has 2 rings (SSSR count). The van der Waals surface area contributed by atoms with Crippen LogP contribution in [-0.2, 0) is 14.3 Å². The van der Waals surface area contributed by atoms with Crippen molar-refractivity contribution in [3.8, 4) is 11.8 Å². The number of hydrogen-bond donors (Lipinski definition) is 1. The number of carbonyl (C=O) groups excluding carboxylic acids is 3. The van der Waals surface area contributed by atoms with Crippen molar-refractivity contribution in [2.24, 2.45) is 0 Å². The van der Waals surface area contributed by atoms with Gasteiger partial charge in [-0.15, -0.1) is 0 Å². The van der Waals surface area contributed by atoms with Crippen molar-refractivity contribution in [3.63, 3.8) is 0 Å². The Morgan fingerprint density at radius 2 is 1.92 bits per heavy atom. The van der Waals surface area contributed by atoms with Gasteiger partial charge in [0.25, 0.3) is 0 Å². The summed E-state index contributed by atoms with van der Waals surface area (Å²) in [6, 6.07) is 8.15. The molecule has 0 bridgehead atoms. The largest absolute Gasteiger partial charge is 0.464 e. The minimum absolute atomic E-state index is 0.0544. The van der Waals surface area contributed by atoms with Crippen molar-refractivity contribution in [1.29, 1.82) is 5.26 Å². The summed E-state index contributed by atoms with van der Waals surface area (Å²) in [7, 11) is 1.18. The van der Waals surface area contributed by atoms with Gasteiger partial charge in [-0.3, -0.25) is 4.79 Å². The topological polar surface area (TPSA) is 124 Å². The molecule has 0 unspecified atom stereocenters. The lowest BCUT2D eigenvalue weighted by atomic mass is 10.1. The molecule has 0 aliphatic carbocycles. The van der Waals surface area contributed by atoms with E-state index in [1.807, 2.05) is 6.07 Å². The van der Waals surface area contributed by atoms with Crippen LogP contribution in [0.2, 0.25) is 0 Å². The van der Waals surface area contributed by atoms with E-state index >= 15 is 0 Å². The highest BCUT2D eigenvalue weighted by atomic mass is 16.5. The molecule has 2 N–H and O–H groups in total. The van der Waals surface area contributed by atoms with Gasteiger partial charge < -0.3 is 19.8 Å². The fraction of sp³-hybridized carbons (Fsp3) is 0.176. The Morgan fingerprint density at radius 1 is 1.24 bits per heavy atom. The average Bonchev–Trinajstić information content (AvgIpc) is 2.95. The standard InChI is InChI=1S/C17H15N3O5/c1-10(21)9-25-16(22)12-5-3-4-6-13(12)20-8-11(7-18)14(19)15(20)17(23)24-2/h3-6,8H,9,19H2,1-2H3. The summed E-state index contributed by atoms with van der Waals surface area (Å²) in [5, 5.41) is 9.16. The summed E-state index contributed by atoms with van der Waals surface area (Å²) in [4.78, 5) is 35.3. The van der Waals surface area contributed by atoms with E-state index in [9.17, 15) is 14.4 Å². The number of nitrogen functional groups attached to an aromatic ring is 1. The van der Waals surface area contributed by atoms with Crippen molar-refractivity contribution < 1.29 is 23.9 Å². The number of ether oxygens (including phenoxy) is 2. The number of rotatable bonds is 5. The molecule has 8 nitrogen and oxygen atoms in total. The average molecular weight is 341 g/mol. The second-order valence-corrected chi connectivity index (χ2v) is 5.07. The molecule has 0 aliphatic rings. The third-order valence-electron chi connectivity index (χ3n) is 3.33.